The molecule has 0 spiro atoms. The summed E-state index contributed by atoms with van der Waals surface area (Å²) in [5.41, 5.74) is 5.63. The van der Waals surface area contributed by atoms with E-state index in [0.717, 1.165) is 49.4 Å². The van der Waals surface area contributed by atoms with Gasteiger partial charge < -0.3 is 10.2 Å². The maximum atomic E-state index is 12.4. The first kappa shape index (κ1) is 18.5. The van der Waals surface area contributed by atoms with E-state index in [0.29, 0.717) is 6.54 Å². The van der Waals surface area contributed by atoms with Gasteiger partial charge in [-0.05, 0) is 55.7 Å². The van der Waals surface area contributed by atoms with Crippen LogP contribution in [0, 0.1) is 20.8 Å². The van der Waals surface area contributed by atoms with Gasteiger partial charge in [0.25, 0.3) is 5.91 Å². The van der Waals surface area contributed by atoms with Crippen LogP contribution in [-0.2, 0) is 0 Å². The van der Waals surface area contributed by atoms with Crippen LogP contribution in [0.15, 0.2) is 42.5 Å². The predicted molar refractivity (Wildman–Crippen MR) is 108 cm³/mol. The van der Waals surface area contributed by atoms with Gasteiger partial charge in [0.05, 0.1) is 0 Å². The standard InChI is InChI=1S/C22H29N3O/c1-17-6-4-8-20(16-17)25-14-12-24(13-15-25)11-10-23-22(26)21-9-5-7-18(2)19(21)3/h4-9,16H,10-15H2,1-3H3,(H,23,26). The van der Waals surface area contributed by atoms with Crippen molar-refractivity contribution in [2.45, 2.75) is 20.8 Å². The first-order chi connectivity index (χ1) is 12.5. The lowest BCUT2D eigenvalue weighted by atomic mass is 10.0. The minimum atomic E-state index is 0.0320. The number of piperazine rings is 1. The van der Waals surface area contributed by atoms with E-state index >= 15 is 0 Å². The van der Waals surface area contributed by atoms with Crippen molar-refractivity contribution in [3.05, 3.63) is 64.7 Å². The molecule has 2 aromatic carbocycles. The molecule has 1 saturated heterocycles. The van der Waals surface area contributed by atoms with Crippen LogP contribution in [0.4, 0.5) is 5.69 Å². The highest BCUT2D eigenvalue weighted by Crippen LogP contribution is 2.17. The first-order valence-corrected chi connectivity index (χ1v) is 9.43. The Morgan fingerprint density at radius 2 is 1.73 bits per heavy atom. The van der Waals surface area contributed by atoms with Crippen LogP contribution in [0.25, 0.3) is 0 Å². The Hall–Kier alpha value is -2.33. The van der Waals surface area contributed by atoms with E-state index in [-0.39, 0.29) is 5.91 Å². The van der Waals surface area contributed by atoms with Gasteiger partial charge in [-0.1, -0.05) is 24.3 Å². The summed E-state index contributed by atoms with van der Waals surface area (Å²) in [5.74, 6) is 0.0320. The molecule has 0 unspecified atom stereocenters. The smallest absolute Gasteiger partial charge is 0.251 e. The molecule has 3 rings (SSSR count). The Morgan fingerprint density at radius 1 is 1.00 bits per heavy atom. The summed E-state index contributed by atoms with van der Waals surface area (Å²) in [4.78, 5) is 17.3. The monoisotopic (exact) mass is 351 g/mol. The molecule has 26 heavy (non-hydrogen) atoms. The number of carbonyl (C=O) groups is 1. The highest BCUT2D eigenvalue weighted by Gasteiger charge is 2.17. The van der Waals surface area contributed by atoms with Crippen molar-refractivity contribution in [3.63, 3.8) is 0 Å². The largest absolute Gasteiger partial charge is 0.369 e. The van der Waals surface area contributed by atoms with E-state index in [4.69, 9.17) is 0 Å². The molecule has 1 aliphatic heterocycles. The number of hydrogen-bond donors (Lipinski definition) is 1. The van der Waals surface area contributed by atoms with E-state index in [9.17, 15) is 4.79 Å². The molecule has 0 saturated carbocycles. The van der Waals surface area contributed by atoms with E-state index in [1.165, 1.54) is 11.3 Å². The van der Waals surface area contributed by atoms with Gasteiger partial charge in [-0.15, -0.1) is 0 Å². The molecule has 1 heterocycles. The van der Waals surface area contributed by atoms with Gasteiger partial charge in [0.15, 0.2) is 0 Å². The molecule has 1 aliphatic rings. The molecule has 1 N–H and O–H groups in total. The molecule has 0 aliphatic carbocycles. The summed E-state index contributed by atoms with van der Waals surface area (Å²) in [5, 5.41) is 3.07. The van der Waals surface area contributed by atoms with Gasteiger partial charge in [0.2, 0.25) is 0 Å². The summed E-state index contributed by atoms with van der Waals surface area (Å²) >= 11 is 0. The van der Waals surface area contributed by atoms with Crippen molar-refractivity contribution in [2.75, 3.05) is 44.2 Å². The van der Waals surface area contributed by atoms with Gasteiger partial charge in [-0.3, -0.25) is 9.69 Å². The van der Waals surface area contributed by atoms with Gasteiger partial charge >= 0.3 is 0 Å². The Kier molecular flexibility index (Phi) is 5.94. The van der Waals surface area contributed by atoms with Crippen molar-refractivity contribution in [3.8, 4) is 0 Å². The van der Waals surface area contributed by atoms with Crippen molar-refractivity contribution in [1.29, 1.82) is 0 Å². The first-order valence-electron chi connectivity index (χ1n) is 9.43. The lowest BCUT2D eigenvalue weighted by Crippen LogP contribution is -2.48. The lowest BCUT2D eigenvalue weighted by Gasteiger charge is -2.36. The Bertz CT molecular complexity index is 764. The second-order valence-electron chi connectivity index (χ2n) is 7.17. The Balaban J connectivity index is 1.44. The summed E-state index contributed by atoms with van der Waals surface area (Å²) in [6, 6.07) is 14.6. The minimum Gasteiger partial charge on any atom is -0.369 e. The van der Waals surface area contributed by atoms with E-state index in [1.807, 2.05) is 32.0 Å². The quantitative estimate of drug-likeness (QED) is 0.899. The molecule has 138 valence electrons. The fourth-order valence-electron chi connectivity index (χ4n) is 3.47. The highest BCUT2D eigenvalue weighted by atomic mass is 16.1. The van der Waals surface area contributed by atoms with Gasteiger partial charge in [-0.25, -0.2) is 0 Å². The Morgan fingerprint density at radius 3 is 2.46 bits per heavy atom. The number of benzene rings is 2. The average molecular weight is 351 g/mol. The zero-order chi connectivity index (χ0) is 18.5. The second-order valence-corrected chi connectivity index (χ2v) is 7.17. The molecular weight excluding hydrogens is 322 g/mol. The number of amides is 1. The third kappa shape index (κ3) is 4.44. The number of nitrogens with one attached hydrogen (secondary N) is 1. The van der Waals surface area contributed by atoms with Gasteiger partial charge in [0, 0.05) is 50.5 Å². The number of carbonyl (C=O) groups excluding carboxylic acids is 1. The van der Waals surface area contributed by atoms with Crippen LogP contribution in [0.1, 0.15) is 27.0 Å². The molecule has 2 aromatic rings. The zero-order valence-electron chi connectivity index (χ0n) is 16.1. The van der Waals surface area contributed by atoms with E-state index in [1.54, 1.807) is 0 Å². The summed E-state index contributed by atoms with van der Waals surface area (Å²) in [6.45, 7) is 11.9. The molecule has 0 aromatic heterocycles. The van der Waals surface area contributed by atoms with Crippen molar-refractivity contribution in [1.82, 2.24) is 10.2 Å². The predicted octanol–water partition coefficient (Wildman–Crippen LogP) is 3.16. The van der Waals surface area contributed by atoms with Crippen LogP contribution in [0.3, 0.4) is 0 Å². The molecule has 0 bridgehead atoms. The molecule has 1 fully saturated rings. The summed E-state index contributed by atoms with van der Waals surface area (Å²) < 4.78 is 0. The van der Waals surface area contributed by atoms with Crippen LogP contribution in [0.5, 0.6) is 0 Å². The maximum absolute atomic E-state index is 12.4. The summed E-state index contributed by atoms with van der Waals surface area (Å²) in [7, 11) is 0. The van der Waals surface area contributed by atoms with Crippen molar-refractivity contribution >= 4 is 11.6 Å². The molecular formula is C22H29N3O. The minimum absolute atomic E-state index is 0.0320. The third-order valence-electron chi connectivity index (χ3n) is 5.30. The zero-order valence-corrected chi connectivity index (χ0v) is 16.1. The van der Waals surface area contributed by atoms with Crippen molar-refractivity contribution in [2.24, 2.45) is 0 Å². The number of aryl methyl sites for hydroxylation is 2. The normalized spacial score (nSPS) is 15.1. The van der Waals surface area contributed by atoms with E-state index in [2.05, 4.69) is 46.3 Å². The van der Waals surface area contributed by atoms with Gasteiger partial charge in [-0.2, -0.15) is 0 Å². The molecule has 4 nitrogen and oxygen atoms in total. The number of nitrogens with zero attached hydrogens (tertiary/aromatic N) is 2. The average Bonchev–Trinajstić information content (AvgIpc) is 2.64. The number of hydrogen-bond acceptors (Lipinski definition) is 3. The van der Waals surface area contributed by atoms with Gasteiger partial charge in [0.1, 0.15) is 0 Å². The molecule has 0 radical (unpaired) electrons. The van der Waals surface area contributed by atoms with Crippen LogP contribution in [-0.4, -0.2) is 50.1 Å². The summed E-state index contributed by atoms with van der Waals surface area (Å²) in [6.07, 6.45) is 0. The van der Waals surface area contributed by atoms with E-state index < -0.39 is 0 Å². The third-order valence-corrected chi connectivity index (χ3v) is 5.30. The van der Waals surface area contributed by atoms with Crippen LogP contribution < -0.4 is 10.2 Å². The fourth-order valence-corrected chi connectivity index (χ4v) is 3.47. The molecule has 4 heteroatoms. The number of anilines is 1. The van der Waals surface area contributed by atoms with Crippen LogP contribution in [0.2, 0.25) is 0 Å². The van der Waals surface area contributed by atoms with Crippen molar-refractivity contribution < 1.29 is 4.79 Å². The highest BCUT2D eigenvalue weighted by molar-refractivity contribution is 5.95. The lowest BCUT2D eigenvalue weighted by molar-refractivity contribution is 0.0947. The fraction of sp³-hybridized carbons (Fsp3) is 0.409. The SMILES string of the molecule is Cc1cccc(N2CCN(CCNC(=O)c3cccc(C)c3C)CC2)c1. The Labute approximate surface area is 156 Å². The van der Waals surface area contributed by atoms with Crippen LogP contribution >= 0.6 is 0 Å². The maximum Gasteiger partial charge on any atom is 0.251 e. The topological polar surface area (TPSA) is 35.6 Å². The molecule has 1 amide bonds. The second kappa shape index (κ2) is 8.37. The number of rotatable bonds is 5. The molecule has 0 atom stereocenters.